The SMILES string of the molecule is CCc1oc(-c2ccccc2)c(C)c1CO. The highest BCUT2D eigenvalue weighted by Crippen LogP contribution is 2.31. The van der Waals surface area contributed by atoms with Gasteiger partial charge in [-0.25, -0.2) is 0 Å². The average Bonchev–Trinajstić information content (AvgIpc) is 2.66. The summed E-state index contributed by atoms with van der Waals surface area (Å²) in [6.45, 7) is 4.08. The largest absolute Gasteiger partial charge is 0.460 e. The first kappa shape index (κ1) is 11.0. The van der Waals surface area contributed by atoms with Crippen molar-refractivity contribution in [2.75, 3.05) is 0 Å². The second-order valence-corrected chi connectivity index (χ2v) is 3.84. The van der Waals surface area contributed by atoms with Crippen molar-refractivity contribution in [2.45, 2.75) is 26.9 Å². The Balaban J connectivity index is 2.54. The first-order valence-corrected chi connectivity index (χ1v) is 5.55. The Morgan fingerprint density at radius 1 is 1.19 bits per heavy atom. The Bertz CT molecular complexity index is 469. The van der Waals surface area contributed by atoms with Gasteiger partial charge in [-0.1, -0.05) is 37.3 Å². The maximum Gasteiger partial charge on any atom is 0.137 e. The van der Waals surface area contributed by atoms with Crippen molar-refractivity contribution < 1.29 is 9.52 Å². The Labute approximate surface area is 95.5 Å². The summed E-state index contributed by atoms with van der Waals surface area (Å²) in [6.07, 6.45) is 0.809. The van der Waals surface area contributed by atoms with Crippen molar-refractivity contribution in [3.8, 4) is 11.3 Å². The summed E-state index contributed by atoms with van der Waals surface area (Å²) >= 11 is 0. The molecule has 1 heterocycles. The average molecular weight is 216 g/mol. The second kappa shape index (κ2) is 4.54. The minimum Gasteiger partial charge on any atom is -0.460 e. The number of hydrogen-bond acceptors (Lipinski definition) is 2. The lowest BCUT2D eigenvalue weighted by atomic mass is 10.1. The molecule has 0 saturated carbocycles. The van der Waals surface area contributed by atoms with Gasteiger partial charge in [0.15, 0.2) is 0 Å². The first-order chi connectivity index (χ1) is 7.77. The number of benzene rings is 1. The number of aryl methyl sites for hydroxylation is 1. The Kier molecular flexibility index (Phi) is 3.11. The van der Waals surface area contributed by atoms with E-state index in [9.17, 15) is 5.11 Å². The molecule has 84 valence electrons. The summed E-state index contributed by atoms with van der Waals surface area (Å²) in [5.41, 5.74) is 3.04. The van der Waals surface area contributed by atoms with Crippen LogP contribution in [0.2, 0.25) is 0 Å². The maximum atomic E-state index is 9.33. The summed E-state index contributed by atoms with van der Waals surface area (Å²) in [6, 6.07) is 10.00. The van der Waals surface area contributed by atoms with Gasteiger partial charge in [0.05, 0.1) is 6.61 Å². The lowest BCUT2D eigenvalue weighted by Gasteiger charge is -1.98. The molecule has 0 amide bonds. The molecule has 0 aliphatic rings. The molecule has 0 unspecified atom stereocenters. The Morgan fingerprint density at radius 3 is 2.38 bits per heavy atom. The van der Waals surface area contributed by atoms with Crippen molar-refractivity contribution in [1.29, 1.82) is 0 Å². The van der Waals surface area contributed by atoms with Gasteiger partial charge in [-0.05, 0) is 6.92 Å². The van der Waals surface area contributed by atoms with Crippen molar-refractivity contribution >= 4 is 0 Å². The summed E-state index contributed by atoms with van der Waals surface area (Å²) in [7, 11) is 0. The molecule has 2 aromatic rings. The van der Waals surface area contributed by atoms with E-state index in [1.807, 2.05) is 44.2 Å². The van der Waals surface area contributed by atoms with Crippen LogP contribution in [0.1, 0.15) is 23.8 Å². The van der Waals surface area contributed by atoms with E-state index in [0.29, 0.717) is 0 Å². The molecule has 16 heavy (non-hydrogen) atoms. The van der Waals surface area contributed by atoms with Crippen molar-refractivity contribution in [2.24, 2.45) is 0 Å². The highest BCUT2D eigenvalue weighted by atomic mass is 16.3. The van der Waals surface area contributed by atoms with Gasteiger partial charge < -0.3 is 9.52 Å². The number of aliphatic hydroxyl groups excluding tert-OH is 1. The number of hydrogen-bond donors (Lipinski definition) is 1. The molecule has 2 nitrogen and oxygen atoms in total. The van der Waals surface area contributed by atoms with Crippen LogP contribution in [-0.4, -0.2) is 5.11 Å². The fourth-order valence-electron chi connectivity index (χ4n) is 1.96. The topological polar surface area (TPSA) is 33.4 Å². The molecule has 1 aromatic heterocycles. The summed E-state index contributed by atoms with van der Waals surface area (Å²) < 4.78 is 5.81. The minimum atomic E-state index is 0.0470. The quantitative estimate of drug-likeness (QED) is 0.853. The third kappa shape index (κ3) is 1.76. The molecule has 0 bridgehead atoms. The van der Waals surface area contributed by atoms with E-state index in [2.05, 4.69) is 0 Å². The minimum absolute atomic E-state index is 0.0470. The van der Waals surface area contributed by atoms with E-state index < -0.39 is 0 Å². The number of furan rings is 1. The zero-order valence-corrected chi connectivity index (χ0v) is 9.66. The van der Waals surface area contributed by atoms with E-state index in [1.165, 1.54) is 0 Å². The monoisotopic (exact) mass is 216 g/mol. The lowest BCUT2D eigenvalue weighted by Crippen LogP contribution is -1.88. The molecule has 0 fully saturated rings. The van der Waals surface area contributed by atoms with Crippen LogP contribution in [-0.2, 0) is 13.0 Å². The zero-order valence-electron chi connectivity index (χ0n) is 9.66. The normalized spacial score (nSPS) is 10.7. The number of rotatable bonds is 3. The molecular formula is C14H16O2. The van der Waals surface area contributed by atoms with Gasteiger partial charge in [0, 0.05) is 23.1 Å². The van der Waals surface area contributed by atoms with Crippen LogP contribution < -0.4 is 0 Å². The van der Waals surface area contributed by atoms with Gasteiger partial charge >= 0.3 is 0 Å². The van der Waals surface area contributed by atoms with Gasteiger partial charge in [0.1, 0.15) is 11.5 Å². The van der Waals surface area contributed by atoms with E-state index in [-0.39, 0.29) is 6.61 Å². The molecule has 0 atom stereocenters. The zero-order chi connectivity index (χ0) is 11.5. The van der Waals surface area contributed by atoms with Gasteiger partial charge in [0.25, 0.3) is 0 Å². The van der Waals surface area contributed by atoms with Crippen LogP contribution in [0.4, 0.5) is 0 Å². The summed E-state index contributed by atoms with van der Waals surface area (Å²) in [5, 5.41) is 9.33. The van der Waals surface area contributed by atoms with Crippen LogP contribution >= 0.6 is 0 Å². The molecule has 1 aromatic carbocycles. The van der Waals surface area contributed by atoms with Gasteiger partial charge in [-0.2, -0.15) is 0 Å². The predicted octanol–water partition coefficient (Wildman–Crippen LogP) is 3.31. The predicted molar refractivity (Wildman–Crippen MR) is 64.2 cm³/mol. The van der Waals surface area contributed by atoms with E-state index in [0.717, 1.165) is 34.6 Å². The fourth-order valence-corrected chi connectivity index (χ4v) is 1.96. The van der Waals surface area contributed by atoms with E-state index in [4.69, 9.17) is 4.42 Å². The van der Waals surface area contributed by atoms with Crippen LogP contribution in [0, 0.1) is 6.92 Å². The molecule has 0 aliphatic heterocycles. The highest BCUT2D eigenvalue weighted by molar-refractivity contribution is 5.63. The van der Waals surface area contributed by atoms with Crippen molar-refractivity contribution in [3.63, 3.8) is 0 Å². The molecule has 1 N–H and O–H groups in total. The molecule has 2 rings (SSSR count). The van der Waals surface area contributed by atoms with Crippen molar-refractivity contribution in [1.82, 2.24) is 0 Å². The molecule has 0 saturated heterocycles. The fraction of sp³-hybridized carbons (Fsp3) is 0.286. The van der Waals surface area contributed by atoms with Gasteiger partial charge in [-0.15, -0.1) is 0 Å². The van der Waals surface area contributed by atoms with Crippen LogP contribution in [0.3, 0.4) is 0 Å². The molecule has 2 heteroatoms. The second-order valence-electron chi connectivity index (χ2n) is 3.84. The molecule has 0 spiro atoms. The first-order valence-electron chi connectivity index (χ1n) is 5.55. The molecule has 0 radical (unpaired) electrons. The van der Waals surface area contributed by atoms with Gasteiger partial charge in [-0.3, -0.25) is 0 Å². The third-order valence-electron chi connectivity index (χ3n) is 2.87. The summed E-state index contributed by atoms with van der Waals surface area (Å²) in [4.78, 5) is 0. The molecule has 0 aliphatic carbocycles. The Morgan fingerprint density at radius 2 is 1.88 bits per heavy atom. The van der Waals surface area contributed by atoms with Gasteiger partial charge in [0.2, 0.25) is 0 Å². The maximum absolute atomic E-state index is 9.33. The Hall–Kier alpha value is -1.54. The van der Waals surface area contributed by atoms with E-state index >= 15 is 0 Å². The number of aliphatic hydroxyl groups is 1. The standard InChI is InChI=1S/C14H16O2/c1-3-13-12(9-15)10(2)14(16-13)11-7-5-4-6-8-11/h4-8,15H,3,9H2,1-2H3. The molecular weight excluding hydrogens is 200 g/mol. The lowest BCUT2D eigenvalue weighted by molar-refractivity contribution is 0.277. The summed E-state index contributed by atoms with van der Waals surface area (Å²) in [5.74, 6) is 1.76. The van der Waals surface area contributed by atoms with Crippen LogP contribution in [0.5, 0.6) is 0 Å². The smallest absolute Gasteiger partial charge is 0.137 e. The van der Waals surface area contributed by atoms with Crippen molar-refractivity contribution in [3.05, 3.63) is 47.2 Å². The van der Waals surface area contributed by atoms with Crippen LogP contribution in [0.25, 0.3) is 11.3 Å². The van der Waals surface area contributed by atoms with Crippen LogP contribution in [0.15, 0.2) is 34.7 Å². The van der Waals surface area contributed by atoms with E-state index in [1.54, 1.807) is 0 Å². The highest BCUT2D eigenvalue weighted by Gasteiger charge is 2.15. The third-order valence-corrected chi connectivity index (χ3v) is 2.87.